The molecule has 0 aliphatic heterocycles. The van der Waals surface area contributed by atoms with Crippen LogP contribution in [-0.2, 0) is 0 Å². The van der Waals surface area contributed by atoms with E-state index in [0.29, 0.717) is 6.04 Å². The highest BCUT2D eigenvalue weighted by atomic mass is 32.1. The number of ether oxygens (including phenoxy) is 1. The number of H-pyrrole nitrogens is 1. The monoisotopic (exact) mass is 262 g/mol. The summed E-state index contributed by atoms with van der Waals surface area (Å²) < 4.78 is 8.39. The summed E-state index contributed by atoms with van der Waals surface area (Å²) in [5, 5.41) is 0. The average molecular weight is 262 g/mol. The van der Waals surface area contributed by atoms with Crippen molar-refractivity contribution in [3.63, 3.8) is 0 Å². The summed E-state index contributed by atoms with van der Waals surface area (Å²) in [6, 6.07) is 6.69. The summed E-state index contributed by atoms with van der Waals surface area (Å²) in [4.78, 5) is 3.30. The average Bonchev–Trinajstić information content (AvgIpc) is 2.74. The van der Waals surface area contributed by atoms with E-state index in [9.17, 15) is 0 Å². The van der Waals surface area contributed by atoms with Gasteiger partial charge in [-0.1, -0.05) is 19.3 Å². The van der Waals surface area contributed by atoms with Gasteiger partial charge in [-0.15, -0.1) is 0 Å². The van der Waals surface area contributed by atoms with Crippen molar-refractivity contribution in [2.24, 2.45) is 0 Å². The van der Waals surface area contributed by atoms with Gasteiger partial charge in [-0.3, -0.25) is 0 Å². The second-order valence-corrected chi connectivity index (χ2v) is 5.36. The zero-order chi connectivity index (χ0) is 12.5. The van der Waals surface area contributed by atoms with Crippen LogP contribution in [0.25, 0.3) is 11.0 Å². The smallest absolute Gasteiger partial charge is 0.178 e. The molecular weight excluding hydrogens is 244 g/mol. The van der Waals surface area contributed by atoms with Gasteiger partial charge in [0.25, 0.3) is 0 Å². The maximum Gasteiger partial charge on any atom is 0.178 e. The van der Waals surface area contributed by atoms with Crippen molar-refractivity contribution in [3.05, 3.63) is 23.0 Å². The number of aromatic nitrogens is 2. The number of imidazole rings is 1. The van der Waals surface area contributed by atoms with Crippen molar-refractivity contribution in [1.82, 2.24) is 9.55 Å². The van der Waals surface area contributed by atoms with Crippen LogP contribution in [0, 0.1) is 4.77 Å². The predicted molar refractivity (Wildman–Crippen MR) is 75.8 cm³/mol. The first-order valence-corrected chi connectivity index (χ1v) is 6.98. The first kappa shape index (κ1) is 11.8. The van der Waals surface area contributed by atoms with E-state index in [1.54, 1.807) is 7.11 Å². The lowest BCUT2D eigenvalue weighted by Crippen LogP contribution is -2.12. The highest BCUT2D eigenvalue weighted by molar-refractivity contribution is 7.71. The third kappa shape index (κ3) is 1.94. The summed E-state index contributed by atoms with van der Waals surface area (Å²) in [7, 11) is 1.69. The van der Waals surface area contributed by atoms with Gasteiger partial charge in [0.2, 0.25) is 0 Å². The Morgan fingerprint density at radius 2 is 2.06 bits per heavy atom. The van der Waals surface area contributed by atoms with E-state index in [-0.39, 0.29) is 0 Å². The molecule has 1 aliphatic rings. The van der Waals surface area contributed by atoms with Crippen LogP contribution < -0.4 is 4.74 Å². The van der Waals surface area contributed by atoms with Crippen molar-refractivity contribution < 1.29 is 4.74 Å². The van der Waals surface area contributed by atoms with Crippen LogP contribution in [0.15, 0.2) is 18.2 Å². The Bertz CT molecular complexity index is 608. The fourth-order valence-electron chi connectivity index (χ4n) is 2.94. The Morgan fingerprint density at radius 3 is 2.78 bits per heavy atom. The molecule has 0 amide bonds. The van der Waals surface area contributed by atoms with Crippen LogP contribution in [0.3, 0.4) is 0 Å². The van der Waals surface area contributed by atoms with Crippen molar-refractivity contribution in [3.8, 4) is 5.75 Å². The Balaban J connectivity index is 2.10. The summed E-state index contributed by atoms with van der Waals surface area (Å²) in [6.45, 7) is 0. The van der Waals surface area contributed by atoms with Crippen molar-refractivity contribution in [2.45, 2.75) is 38.1 Å². The van der Waals surface area contributed by atoms with Crippen LogP contribution in [0.1, 0.15) is 38.1 Å². The Morgan fingerprint density at radius 1 is 1.28 bits per heavy atom. The number of nitrogens with one attached hydrogen (secondary N) is 1. The van der Waals surface area contributed by atoms with E-state index in [4.69, 9.17) is 17.0 Å². The molecule has 4 heteroatoms. The Labute approximate surface area is 112 Å². The van der Waals surface area contributed by atoms with E-state index in [2.05, 4.69) is 15.6 Å². The van der Waals surface area contributed by atoms with Crippen LogP contribution in [0.5, 0.6) is 5.75 Å². The van der Waals surface area contributed by atoms with E-state index < -0.39 is 0 Å². The largest absolute Gasteiger partial charge is 0.497 e. The van der Waals surface area contributed by atoms with E-state index in [0.717, 1.165) is 16.0 Å². The van der Waals surface area contributed by atoms with E-state index in [1.807, 2.05) is 12.1 Å². The van der Waals surface area contributed by atoms with E-state index >= 15 is 0 Å². The second-order valence-electron chi connectivity index (χ2n) is 4.98. The standard InChI is InChI=1S/C14H18N2OS/c1-17-11-7-8-13-12(9-11)15-14(18)16(13)10-5-3-2-4-6-10/h7-10H,2-6H2,1H3,(H,15,18). The lowest BCUT2D eigenvalue weighted by atomic mass is 9.95. The van der Waals surface area contributed by atoms with Crippen LogP contribution in [0.2, 0.25) is 0 Å². The molecule has 3 nitrogen and oxygen atoms in total. The normalized spacial score (nSPS) is 17.2. The molecule has 1 saturated carbocycles. The minimum atomic E-state index is 0.563. The lowest BCUT2D eigenvalue weighted by molar-refractivity contribution is 0.357. The molecule has 1 fully saturated rings. The zero-order valence-electron chi connectivity index (χ0n) is 10.6. The number of hydrogen-bond acceptors (Lipinski definition) is 2. The molecule has 0 atom stereocenters. The van der Waals surface area contributed by atoms with Gasteiger partial charge in [0.05, 0.1) is 18.1 Å². The molecule has 1 heterocycles. The fraction of sp³-hybridized carbons (Fsp3) is 0.500. The van der Waals surface area contributed by atoms with Gasteiger partial charge in [0.1, 0.15) is 5.75 Å². The molecule has 0 saturated heterocycles. The minimum Gasteiger partial charge on any atom is -0.497 e. The fourth-order valence-corrected chi connectivity index (χ4v) is 3.30. The van der Waals surface area contributed by atoms with Gasteiger partial charge >= 0.3 is 0 Å². The third-order valence-corrected chi connectivity index (χ3v) is 4.16. The van der Waals surface area contributed by atoms with Gasteiger partial charge in [0, 0.05) is 12.1 Å². The number of aromatic amines is 1. The zero-order valence-corrected chi connectivity index (χ0v) is 11.4. The summed E-state index contributed by atoms with van der Waals surface area (Å²) in [5.41, 5.74) is 2.28. The highest BCUT2D eigenvalue weighted by Crippen LogP contribution is 2.32. The summed E-state index contributed by atoms with van der Waals surface area (Å²) in [5.74, 6) is 0.870. The molecule has 1 N–H and O–H groups in total. The number of nitrogens with zero attached hydrogens (tertiary/aromatic N) is 1. The summed E-state index contributed by atoms with van der Waals surface area (Å²) >= 11 is 5.48. The third-order valence-electron chi connectivity index (χ3n) is 3.86. The van der Waals surface area contributed by atoms with Gasteiger partial charge in [-0.25, -0.2) is 0 Å². The second kappa shape index (κ2) is 4.76. The van der Waals surface area contributed by atoms with Crippen molar-refractivity contribution >= 4 is 23.3 Å². The Kier molecular flexibility index (Phi) is 3.12. The quantitative estimate of drug-likeness (QED) is 0.821. The lowest BCUT2D eigenvalue weighted by Gasteiger charge is -2.23. The first-order chi connectivity index (χ1) is 8.79. The highest BCUT2D eigenvalue weighted by Gasteiger charge is 2.18. The van der Waals surface area contributed by atoms with E-state index in [1.165, 1.54) is 37.6 Å². The molecule has 0 spiro atoms. The van der Waals surface area contributed by atoms with Gasteiger partial charge < -0.3 is 14.3 Å². The van der Waals surface area contributed by atoms with Crippen LogP contribution in [0.4, 0.5) is 0 Å². The minimum absolute atomic E-state index is 0.563. The van der Waals surface area contributed by atoms with Gasteiger partial charge in [-0.2, -0.15) is 0 Å². The molecule has 1 aliphatic carbocycles. The molecule has 1 aromatic carbocycles. The van der Waals surface area contributed by atoms with Gasteiger partial charge in [0.15, 0.2) is 4.77 Å². The van der Waals surface area contributed by atoms with Crippen molar-refractivity contribution in [1.29, 1.82) is 0 Å². The molecule has 0 unspecified atom stereocenters. The molecule has 1 aromatic heterocycles. The summed E-state index contributed by atoms with van der Waals surface area (Å²) in [6.07, 6.45) is 6.48. The first-order valence-electron chi connectivity index (χ1n) is 6.58. The molecule has 3 rings (SSSR count). The molecular formula is C14H18N2OS. The van der Waals surface area contributed by atoms with Crippen LogP contribution >= 0.6 is 12.2 Å². The predicted octanol–water partition coefficient (Wildman–Crippen LogP) is 4.21. The molecule has 2 aromatic rings. The van der Waals surface area contributed by atoms with Crippen molar-refractivity contribution in [2.75, 3.05) is 7.11 Å². The number of benzene rings is 1. The number of rotatable bonds is 2. The molecule has 0 bridgehead atoms. The number of methoxy groups -OCH3 is 1. The van der Waals surface area contributed by atoms with Crippen LogP contribution in [-0.4, -0.2) is 16.7 Å². The maximum absolute atomic E-state index is 5.48. The molecule has 96 valence electrons. The maximum atomic E-state index is 5.48. The topological polar surface area (TPSA) is 29.9 Å². The van der Waals surface area contributed by atoms with Gasteiger partial charge in [-0.05, 0) is 37.2 Å². The Hall–Kier alpha value is -1.29. The number of fused-ring (bicyclic) bond motifs is 1. The SMILES string of the molecule is COc1ccc2c(c1)[nH]c(=S)n2C1CCCCC1. The number of hydrogen-bond donors (Lipinski definition) is 1. The molecule has 18 heavy (non-hydrogen) atoms. The molecule has 0 radical (unpaired) electrons.